The lowest BCUT2D eigenvalue weighted by Crippen LogP contribution is -2.41. The molecule has 0 aliphatic carbocycles. The van der Waals surface area contributed by atoms with Gasteiger partial charge in [-0.2, -0.15) is 0 Å². The molecule has 1 aromatic rings. The first-order valence-corrected chi connectivity index (χ1v) is 7.70. The van der Waals surface area contributed by atoms with Crippen LogP contribution in [0.3, 0.4) is 0 Å². The highest BCUT2D eigenvalue weighted by molar-refractivity contribution is 7.89. The van der Waals surface area contributed by atoms with Gasteiger partial charge in [0.15, 0.2) is 0 Å². The number of nitrogens with one attached hydrogen (secondary N) is 1. The monoisotopic (exact) mass is 285 g/mol. The molecule has 0 fully saturated rings. The molecule has 0 saturated heterocycles. The average molecular weight is 285 g/mol. The Bertz CT molecular complexity index is 505. The van der Waals surface area contributed by atoms with Gasteiger partial charge in [0.2, 0.25) is 10.0 Å². The molecule has 1 rings (SSSR count). The molecule has 1 atom stereocenters. The molecule has 19 heavy (non-hydrogen) atoms. The Morgan fingerprint density at radius 2 is 1.79 bits per heavy atom. The van der Waals surface area contributed by atoms with Gasteiger partial charge < -0.3 is 11.1 Å². The average Bonchev–Trinajstić information content (AvgIpc) is 2.39. The third kappa shape index (κ3) is 3.68. The fourth-order valence-electron chi connectivity index (χ4n) is 1.55. The first kappa shape index (κ1) is 15.9. The molecule has 0 amide bonds. The third-order valence-corrected chi connectivity index (χ3v) is 5.14. The van der Waals surface area contributed by atoms with Crippen molar-refractivity contribution in [3.05, 3.63) is 24.3 Å². The van der Waals surface area contributed by atoms with Crippen molar-refractivity contribution in [1.82, 2.24) is 4.31 Å². The van der Waals surface area contributed by atoms with E-state index in [1.54, 1.807) is 24.3 Å². The minimum absolute atomic E-state index is 0.179. The summed E-state index contributed by atoms with van der Waals surface area (Å²) in [4.78, 5) is 0.286. The molecule has 5 nitrogen and oxygen atoms in total. The normalized spacial score (nSPS) is 15.3. The lowest BCUT2D eigenvalue weighted by atomic mass is 9.99. The van der Waals surface area contributed by atoms with Gasteiger partial charge in [-0.25, -0.2) is 12.7 Å². The van der Waals surface area contributed by atoms with E-state index >= 15 is 0 Å². The maximum atomic E-state index is 11.9. The molecular formula is C13H23N3O2S. The molecule has 3 N–H and O–H groups in total. The smallest absolute Gasteiger partial charge is 0.242 e. The van der Waals surface area contributed by atoms with Crippen molar-refractivity contribution in [3.63, 3.8) is 0 Å². The van der Waals surface area contributed by atoms with Crippen molar-refractivity contribution >= 4 is 15.7 Å². The van der Waals surface area contributed by atoms with Crippen molar-refractivity contribution in [2.75, 3.05) is 26.0 Å². The van der Waals surface area contributed by atoms with E-state index in [0.717, 1.165) is 12.1 Å². The van der Waals surface area contributed by atoms with Gasteiger partial charge in [0.25, 0.3) is 0 Å². The second kappa shape index (κ2) is 5.90. The second-order valence-corrected chi connectivity index (χ2v) is 7.21. The van der Waals surface area contributed by atoms with E-state index in [4.69, 9.17) is 5.73 Å². The fourth-order valence-corrected chi connectivity index (χ4v) is 2.45. The molecule has 6 heteroatoms. The summed E-state index contributed by atoms with van der Waals surface area (Å²) in [5.74, 6) is 0. The molecule has 0 radical (unpaired) electrons. The van der Waals surface area contributed by atoms with E-state index in [2.05, 4.69) is 12.2 Å². The minimum atomic E-state index is -3.37. The second-order valence-electron chi connectivity index (χ2n) is 5.06. The van der Waals surface area contributed by atoms with Gasteiger partial charge in [-0.3, -0.25) is 0 Å². The van der Waals surface area contributed by atoms with Crippen molar-refractivity contribution in [3.8, 4) is 0 Å². The molecule has 0 heterocycles. The van der Waals surface area contributed by atoms with Crippen LogP contribution in [0, 0.1) is 0 Å². The summed E-state index contributed by atoms with van der Waals surface area (Å²) < 4.78 is 25.1. The molecule has 0 saturated carbocycles. The summed E-state index contributed by atoms with van der Waals surface area (Å²) in [6.07, 6.45) is 0.890. The van der Waals surface area contributed by atoms with Crippen molar-refractivity contribution in [2.45, 2.75) is 30.7 Å². The summed E-state index contributed by atoms with van der Waals surface area (Å²) in [5.41, 5.74) is 6.43. The van der Waals surface area contributed by atoms with Crippen molar-refractivity contribution < 1.29 is 8.42 Å². The third-order valence-electron chi connectivity index (χ3n) is 3.31. The Morgan fingerprint density at radius 1 is 1.26 bits per heavy atom. The number of nitrogens with zero attached hydrogens (tertiary/aromatic N) is 1. The Morgan fingerprint density at radius 3 is 2.16 bits per heavy atom. The van der Waals surface area contributed by atoms with Crippen LogP contribution in [0.5, 0.6) is 0 Å². The van der Waals surface area contributed by atoms with Gasteiger partial charge in [0, 0.05) is 31.9 Å². The summed E-state index contributed by atoms with van der Waals surface area (Å²) in [5, 5.41) is 3.33. The first-order valence-electron chi connectivity index (χ1n) is 6.26. The van der Waals surface area contributed by atoms with Crippen LogP contribution in [0.2, 0.25) is 0 Å². The summed E-state index contributed by atoms with van der Waals surface area (Å²) in [6.45, 7) is 4.61. The summed E-state index contributed by atoms with van der Waals surface area (Å²) in [6, 6.07) is 6.73. The van der Waals surface area contributed by atoms with Gasteiger partial charge >= 0.3 is 0 Å². The number of nitrogens with two attached hydrogens (primary N) is 1. The number of hydrogen-bond donors (Lipinski definition) is 2. The van der Waals surface area contributed by atoms with E-state index < -0.39 is 10.0 Å². The number of sulfonamides is 1. The van der Waals surface area contributed by atoms with Crippen molar-refractivity contribution in [1.29, 1.82) is 0 Å². The lowest BCUT2D eigenvalue weighted by molar-refractivity contribution is 0.506. The maximum absolute atomic E-state index is 11.9. The minimum Gasteiger partial charge on any atom is -0.379 e. The van der Waals surface area contributed by atoms with E-state index in [0.29, 0.717) is 6.54 Å². The van der Waals surface area contributed by atoms with Crippen LogP contribution in [-0.4, -0.2) is 38.9 Å². The predicted molar refractivity (Wildman–Crippen MR) is 78.7 cm³/mol. The maximum Gasteiger partial charge on any atom is 0.242 e. The number of hydrogen-bond acceptors (Lipinski definition) is 4. The van der Waals surface area contributed by atoms with E-state index in [9.17, 15) is 8.42 Å². The highest BCUT2D eigenvalue weighted by Crippen LogP contribution is 2.20. The first-order chi connectivity index (χ1) is 8.75. The zero-order chi connectivity index (χ0) is 14.7. The molecule has 1 aromatic carbocycles. The topological polar surface area (TPSA) is 75.4 Å². The highest BCUT2D eigenvalue weighted by atomic mass is 32.2. The zero-order valence-electron chi connectivity index (χ0n) is 12.0. The van der Waals surface area contributed by atoms with Crippen LogP contribution in [-0.2, 0) is 10.0 Å². The molecule has 0 aliphatic heterocycles. The Labute approximate surface area is 115 Å². The number of benzene rings is 1. The van der Waals surface area contributed by atoms with Gasteiger partial charge in [-0.1, -0.05) is 6.92 Å². The molecule has 0 bridgehead atoms. The quantitative estimate of drug-likeness (QED) is 0.830. The molecule has 108 valence electrons. The SMILES string of the molecule is CCC(C)(CN)Nc1ccc(S(=O)(=O)N(C)C)cc1. The molecule has 1 unspecified atom stereocenters. The number of anilines is 1. The fraction of sp³-hybridized carbons (Fsp3) is 0.538. The lowest BCUT2D eigenvalue weighted by Gasteiger charge is -2.29. The van der Waals surface area contributed by atoms with Crippen molar-refractivity contribution in [2.24, 2.45) is 5.73 Å². The zero-order valence-corrected chi connectivity index (χ0v) is 12.8. The van der Waals surface area contributed by atoms with Gasteiger partial charge in [0.05, 0.1) is 4.90 Å². The number of rotatable bonds is 6. The van der Waals surface area contributed by atoms with E-state index in [1.807, 2.05) is 6.92 Å². The van der Waals surface area contributed by atoms with Gasteiger partial charge in [0.1, 0.15) is 0 Å². The van der Waals surface area contributed by atoms with Crippen LogP contribution in [0.4, 0.5) is 5.69 Å². The van der Waals surface area contributed by atoms with Crippen LogP contribution in [0.15, 0.2) is 29.2 Å². The summed E-state index contributed by atoms with van der Waals surface area (Å²) >= 11 is 0. The standard InChI is InChI=1S/C13H23N3O2S/c1-5-13(2,10-14)15-11-6-8-12(9-7-11)19(17,18)16(3)4/h6-9,15H,5,10,14H2,1-4H3. The van der Waals surface area contributed by atoms with Gasteiger partial charge in [-0.05, 0) is 37.6 Å². The molecule has 0 aliphatic rings. The van der Waals surface area contributed by atoms with Gasteiger partial charge in [-0.15, -0.1) is 0 Å². The predicted octanol–water partition coefficient (Wildman–Crippen LogP) is 1.48. The molecule has 0 aromatic heterocycles. The van der Waals surface area contributed by atoms with Crippen LogP contribution in [0.25, 0.3) is 0 Å². The Balaban J connectivity index is 2.95. The Kier molecular flexibility index (Phi) is 4.95. The largest absolute Gasteiger partial charge is 0.379 e. The van der Waals surface area contributed by atoms with Crippen LogP contribution < -0.4 is 11.1 Å². The van der Waals surface area contributed by atoms with Crippen LogP contribution in [0.1, 0.15) is 20.3 Å². The highest BCUT2D eigenvalue weighted by Gasteiger charge is 2.20. The van der Waals surface area contributed by atoms with Crippen LogP contribution >= 0.6 is 0 Å². The Hall–Kier alpha value is -1.11. The summed E-state index contributed by atoms with van der Waals surface area (Å²) in [7, 11) is -0.332. The molecular weight excluding hydrogens is 262 g/mol. The van der Waals surface area contributed by atoms with E-state index in [-0.39, 0.29) is 10.4 Å². The van der Waals surface area contributed by atoms with E-state index in [1.165, 1.54) is 18.4 Å². The molecule has 0 spiro atoms.